The Balaban J connectivity index is 0.000000280. The van der Waals surface area contributed by atoms with Crippen molar-refractivity contribution in [2.75, 3.05) is 13.1 Å². The molecule has 3 heterocycles. The van der Waals surface area contributed by atoms with Crippen molar-refractivity contribution < 1.29 is 19.0 Å². The second-order valence-electron chi connectivity index (χ2n) is 15.3. The largest absolute Gasteiger partial charge is 0.473 e. The first-order chi connectivity index (χ1) is 25.1. The van der Waals surface area contributed by atoms with Gasteiger partial charge in [0.1, 0.15) is 24.5 Å². The Labute approximate surface area is 309 Å². The monoisotopic (exact) mass is 702 g/mol. The molecule has 274 valence electrons. The second-order valence-corrected chi connectivity index (χ2v) is 15.3. The Morgan fingerprint density at radius 3 is 2.06 bits per heavy atom. The van der Waals surface area contributed by atoms with Crippen LogP contribution in [-0.2, 0) is 25.0 Å². The number of aryl methyl sites for hydroxylation is 1. The molecule has 0 bridgehead atoms. The van der Waals surface area contributed by atoms with E-state index in [2.05, 4.69) is 37.3 Å². The van der Waals surface area contributed by atoms with Gasteiger partial charge in [0.25, 0.3) is 0 Å². The fourth-order valence-electron chi connectivity index (χ4n) is 6.93. The molecular weight excluding hydrogens is 649 g/mol. The lowest BCUT2D eigenvalue weighted by atomic mass is 9.84. The van der Waals surface area contributed by atoms with Gasteiger partial charge < -0.3 is 19.1 Å². The van der Waals surface area contributed by atoms with Gasteiger partial charge in [-0.1, -0.05) is 99.0 Å². The Kier molecular flexibility index (Phi) is 12.2. The number of nitrogens with zero attached hydrogens (tertiary/aromatic N) is 4. The number of pyridine rings is 1. The van der Waals surface area contributed by atoms with Gasteiger partial charge in [-0.05, 0) is 87.1 Å². The SMILES string of the molecule is CC1CCN(C(=O)OC(C)(C)C)CC1.Cn1nc(-c2ccc(OCc3ccccc3)nc2OCc2ccccc2)c2ccc(C3CCCCC3)cc21. The number of aromatic nitrogens is 3. The molecule has 2 fully saturated rings. The average molecular weight is 703 g/mol. The molecule has 1 saturated carbocycles. The highest BCUT2D eigenvalue weighted by molar-refractivity contribution is 5.95. The van der Waals surface area contributed by atoms with Crippen molar-refractivity contribution in [3.8, 4) is 23.0 Å². The Morgan fingerprint density at radius 1 is 0.788 bits per heavy atom. The van der Waals surface area contributed by atoms with Gasteiger partial charge in [0.2, 0.25) is 11.8 Å². The lowest BCUT2D eigenvalue weighted by Gasteiger charge is -2.32. The van der Waals surface area contributed by atoms with E-state index in [0.717, 1.165) is 65.1 Å². The smallest absolute Gasteiger partial charge is 0.410 e. The van der Waals surface area contributed by atoms with Crippen LogP contribution in [0.1, 0.15) is 95.2 Å². The molecule has 0 N–H and O–H groups in total. The summed E-state index contributed by atoms with van der Waals surface area (Å²) >= 11 is 0. The molecule has 1 aliphatic carbocycles. The summed E-state index contributed by atoms with van der Waals surface area (Å²) in [6.45, 7) is 10.5. The number of amides is 1. The number of piperidine rings is 1. The van der Waals surface area contributed by atoms with E-state index in [-0.39, 0.29) is 11.7 Å². The third-order valence-corrected chi connectivity index (χ3v) is 9.93. The van der Waals surface area contributed by atoms with Crippen LogP contribution in [-0.4, -0.2) is 44.4 Å². The number of benzene rings is 3. The van der Waals surface area contributed by atoms with E-state index in [1.54, 1.807) is 0 Å². The van der Waals surface area contributed by atoms with Crippen LogP contribution in [0, 0.1) is 5.92 Å². The maximum absolute atomic E-state index is 11.6. The number of hydrogen-bond acceptors (Lipinski definition) is 6. The zero-order chi connectivity index (χ0) is 36.5. The maximum Gasteiger partial charge on any atom is 0.410 e. The van der Waals surface area contributed by atoms with Crippen LogP contribution in [0.25, 0.3) is 22.2 Å². The second kappa shape index (κ2) is 17.1. The minimum absolute atomic E-state index is 0.163. The normalized spacial score (nSPS) is 15.5. The Hall–Kier alpha value is -4.85. The van der Waals surface area contributed by atoms with Crippen molar-refractivity contribution in [3.63, 3.8) is 0 Å². The summed E-state index contributed by atoms with van der Waals surface area (Å²) in [5.41, 5.74) is 6.11. The van der Waals surface area contributed by atoms with Crippen molar-refractivity contribution in [1.82, 2.24) is 19.7 Å². The quantitative estimate of drug-likeness (QED) is 0.160. The highest BCUT2D eigenvalue weighted by Gasteiger charge is 2.25. The number of carbonyl (C=O) groups is 1. The zero-order valence-electron chi connectivity index (χ0n) is 31.5. The van der Waals surface area contributed by atoms with Crippen LogP contribution in [0.5, 0.6) is 11.8 Å². The lowest BCUT2D eigenvalue weighted by Crippen LogP contribution is -2.41. The van der Waals surface area contributed by atoms with Crippen LogP contribution in [0.4, 0.5) is 4.79 Å². The molecule has 0 unspecified atom stereocenters. The van der Waals surface area contributed by atoms with Gasteiger partial charge in [0.15, 0.2) is 0 Å². The van der Waals surface area contributed by atoms with E-state index in [0.29, 0.717) is 30.9 Å². The number of likely N-dealkylation sites (tertiary alicyclic amines) is 1. The molecular formula is C44H54N4O4. The molecule has 8 heteroatoms. The fourth-order valence-corrected chi connectivity index (χ4v) is 6.93. The molecule has 1 saturated heterocycles. The molecule has 52 heavy (non-hydrogen) atoms. The van der Waals surface area contributed by atoms with Crippen molar-refractivity contribution in [2.24, 2.45) is 13.0 Å². The van der Waals surface area contributed by atoms with Gasteiger partial charge >= 0.3 is 6.09 Å². The Bertz CT molecular complexity index is 1890. The zero-order valence-corrected chi connectivity index (χ0v) is 31.5. The predicted octanol–water partition coefficient (Wildman–Crippen LogP) is 10.5. The molecule has 2 aliphatic rings. The van der Waals surface area contributed by atoms with E-state index in [4.69, 9.17) is 24.3 Å². The summed E-state index contributed by atoms with van der Waals surface area (Å²) in [5, 5.41) is 6.05. The minimum atomic E-state index is -0.375. The molecule has 0 radical (unpaired) electrons. The van der Waals surface area contributed by atoms with Crippen LogP contribution in [0.2, 0.25) is 0 Å². The molecule has 1 amide bonds. The van der Waals surface area contributed by atoms with Crippen LogP contribution < -0.4 is 9.47 Å². The lowest BCUT2D eigenvalue weighted by molar-refractivity contribution is 0.0190. The topological polar surface area (TPSA) is 78.7 Å². The minimum Gasteiger partial charge on any atom is -0.473 e. The first-order valence-corrected chi connectivity index (χ1v) is 18.9. The predicted molar refractivity (Wildman–Crippen MR) is 208 cm³/mol. The summed E-state index contributed by atoms with van der Waals surface area (Å²) in [6, 6.07) is 31.0. The van der Waals surface area contributed by atoms with E-state index in [9.17, 15) is 4.79 Å². The molecule has 1 aliphatic heterocycles. The van der Waals surface area contributed by atoms with E-state index in [1.807, 2.05) is 98.1 Å². The van der Waals surface area contributed by atoms with E-state index in [1.165, 1.54) is 37.7 Å². The highest BCUT2D eigenvalue weighted by atomic mass is 16.6. The summed E-state index contributed by atoms with van der Waals surface area (Å²) in [5.74, 6) is 2.45. The third-order valence-electron chi connectivity index (χ3n) is 9.93. The van der Waals surface area contributed by atoms with Crippen LogP contribution in [0.15, 0.2) is 91.0 Å². The van der Waals surface area contributed by atoms with E-state index < -0.39 is 0 Å². The summed E-state index contributed by atoms with van der Waals surface area (Å²) in [6.07, 6.45) is 8.60. The molecule has 5 aromatic rings. The number of rotatable bonds is 8. The van der Waals surface area contributed by atoms with Crippen molar-refractivity contribution in [3.05, 3.63) is 108 Å². The third kappa shape index (κ3) is 9.93. The van der Waals surface area contributed by atoms with Gasteiger partial charge in [-0.2, -0.15) is 10.1 Å². The van der Waals surface area contributed by atoms with E-state index >= 15 is 0 Å². The van der Waals surface area contributed by atoms with Gasteiger partial charge in [0, 0.05) is 31.6 Å². The van der Waals surface area contributed by atoms with Gasteiger partial charge in [-0.25, -0.2) is 4.79 Å². The van der Waals surface area contributed by atoms with Gasteiger partial charge in [-0.3, -0.25) is 4.68 Å². The molecule has 2 aromatic heterocycles. The average Bonchev–Trinajstić information content (AvgIpc) is 3.49. The van der Waals surface area contributed by atoms with Gasteiger partial charge in [-0.15, -0.1) is 0 Å². The first kappa shape index (κ1) is 36.9. The van der Waals surface area contributed by atoms with Crippen molar-refractivity contribution in [2.45, 2.75) is 97.4 Å². The molecule has 0 atom stereocenters. The maximum atomic E-state index is 11.6. The van der Waals surface area contributed by atoms with Crippen LogP contribution >= 0.6 is 0 Å². The van der Waals surface area contributed by atoms with Crippen molar-refractivity contribution >= 4 is 17.0 Å². The summed E-state index contributed by atoms with van der Waals surface area (Å²) in [7, 11) is 2.02. The van der Waals surface area contributed by atoms with Gasteiger partial charge in [0.05, 0.1) is 11.1 Å². The number of hydrogen-bond donors (Lipinski definition) is 0. The number of carbonyl (C=O) groups excluding carboxylic acids is 1. The molecule has 3 aromatic carbocycles. The Morgan fingerprint density at radius 2 is 1.42 bits per heavy atom. The molecule has 7 rings (SSSR count). The molecule has 0 spiro atoms. The van der Waals surface area contributed by atoms with Crippen molar-refractivity contribution in [1.29, 1.82) is 0 Å². The summed E-state index contributed by atoms with van der Waals surface area (Å²) < 4.78 is 19.6. The fraction of sp³-hybridized carbons (Fsp3) is 0.432. The standard InChI is InChI=1S/C33H33N3O2.C11H21NO2/c1-36-30-21-27(26-15-9-4-10-16-26)17-18-28(30)32(35-36)29-19-20-31(37-22-24-11-5-2-6-12-24)34-33(29)38-23-25-13-7-3-8-14-25;1-9-5-7-12(8-6-9)10(13)14-11(2,3)4/h2-3,5-8,11-14,17-21,26H,4,9-10,15-16,22-23H2,1H3;9H,5-8H2,1-4H3. The number of fused-ring (bicyclic) bond motifs is 1. The highest BCUT2D eigenvalue weighted by Crippen LogP contribution is 2.38. The molecule has 8 nitrogen and oxygen atoms in total. The number of ether oxygens (including phenoxy) is 3. The summed E-state index contributed by atoms with van der Waals surface area (Å²) in [4.78, 5) is 18.2. The van der Waals surface area contributed by atoms with Crippen LogP contribution in [0.3, 0.4) is 0 Å². The first-order valence-electron chi connectivity index (χ1n) is 18.9.